The molecule has 1 aliphatic rings. The van der Waals surface area contributed by atoms with Crippen molar-refractivity contribution >= 4 is 45.1 Å². The lowest BCUT2D eigenvalue weighted by molar-refractivity contribution is -0.129. The molecule has 1 saturated heterocycles. The standard InChI is InChI=1S/C28H29N5O4S/c1-4-5-10-24(29-3)28(35)32-17-18-33(20(2)19-32)27(34)22-12-14-23(15-13-22)31-38(36,37)25-11-6-8-21-9-7-16-30-26(21)25/h4-16,20,31H,3,17-19H2,1-2H3/b5-4-,24-10-/t20-/m1/s1. The molecule has 2 heterocycles. The van der Waals surface area contributed by atoms with Gasteiger partial charge in [0.25, 0.3) is 21.8 Å². The Morgan fingerprint density at radius 1 is 1.11 bits per heavy atom. The van der Waals surface area contributed by atoms with Crippen molar-refractivity contribution < 1.29 is 18.0 Å². The highest BCUT2D eigenvalue weighted by molar-refractivity contribution is 7.93. The van der Waals surface area contributed by atoms with Crippen molar-refractivity contribution in [3.63, 3.8) is 0 Å². The van der Waals surface area contributed by atoms with E-state index in [9.17, 15) is 18.0 Å². The van der Waals surface area contributed by atoms with Gasteiger partial charge in [-0.15, -0.1) is 0 Å². The van der Waals surface area contributed by atoms with Crippen LogP contribution in [0.3, 0.4) is 0 Å². The molecule has 0 radical (unpaired) electrons. The molecule has 3 aromatic rings. The minimum Gasteiger partial charge on any atom is -0.333 e. The van der Waals surface area contributed by atoms with E-state index in [1.54, 1.807) is 82.8 Å². The Kier molecular flexibility index (Phi) is 8.02. The number of piperazine rings is 1. The minimum atomic E-state index is -3.90. The molecule has 0 spiro atoms. The number of pyridine rings is 1. The summed E-state index contributed by atoms with van der Waals surface area (Å²) in [7, 11) is -3.90. The molecular weight excluding hydrogens is 502 g/mol. The molecule has 4 rings (SSSR count). The maximum atomic E-state index is 13.2. The van der Waals surface area contributed by atoms with Crippen LogP contribution in [0.2, 0.25) is 0 Å². The summed E-state index contributed by atoms with van der Waals surface area (Å²) in [5.41, 5.74) is 1.39. The first-order valence-corrected chi connectivity index (χ1v) is 13.6. The maximum Gasteiger partial charge on any atom is 0.272 e. The Hall–Kier alpha value is -4.31. The van der Waals surface area contributed by atoms with Crippen LogP contribution in [0.4, 0.5) is 5.69 Å². The van der Waals surface area contributed by atoms with Crippen LogP contribution in [-0.4, -0.2) is 67.4 Å². The van der Waals surface area contributed by atoms with E-state index in [1.807, 2.05) is 13.8 Å². The van der Waals surface area contributed by atoms with Gasteiger partial charge in [-0.25, -0.2) is 8.42 Å². The number of allylic oxidation sites excluding steroid dienone is 3. The number of amides is 2. The average molecular weight is 532 g/mol. The number of aromatic nitrogens is 1. The number of benzene rings is 2. The summed E-state index contributed by atoms with van der Waals surface area (Å²) in [6.45, 7) is 8.31. The van der Waals surface area contributed by atoms with Gasteiger partial charge in [0, 0.05) is 48.5 Å². The fraction of sp³-hybridized carbons (Fsp3) is 0.214. The van der Waals surface area contributed by atoms with E-state index in [0.717, 1.165) is 5.39 Å². The van der Waals surface area contributed by atoms with Gasteiger partial charge in [0.2, 0.25) is 0 Å². The largest absolute Gasteiger partial charge is 0.333 e. The van der Waals surface area contributed by atoms with Crippen LogP contribution in [0.15, 0.2) is 94.6 Å². The lowest BCUT2D eigenvalue weighted by Gasteiger charge is -2.40. The van der Waals surface area contributed by atoms with Crippen molar-refractivity contribution in [2.45, 2.75) is 24.8 Å². The number of anilines is 1. The highest BCUT2D eigenvalue weighted by Gasteiger charge is 2.31. The van der Waals surface area contributed by atoms with Crippen LogP contribution in [0, 0.1) is 0 Å². The van der Waals surface area contributed by atoms with E-state index in [0.29, 0.717) is 36.4 Å². The van der Waals surface area contributed by atoms with Crippen LogP contribution in [-0.2, 0) is 14.8 Å². The molecule has 0 bridgehead atoms. The van der Waals surface area contributed by atoms with E-state index in [4.69, 9.17) is 0 Å². The molecule has 1 atom stereocenters. The molecule has 196 valence electrons. The van der Waals surface area contributed by atoms with E-state index in [2.05, 4.69) is 21.4 Å². The number of fused-ring (bicyclic) bond motifs is 1. The first-order chi connectivity index (χ1) is 18.2. The van der Waals surface area contributed by atoms with E-state index < -0.39 is 10.0 Å². The zero-order valence-corrected chi connectivity index (χ0v) is 22.1. The van der Waals surface area contributed by atoms with Crippen LogP contribution < -0.4 is 4.72 Å². The number of para-hydroxylation sites is 1. The number of nitrogens with one attached hydrogen (secondary N) is 1. The minimum absolute atomic E-state index is 0.0763. The number of hydrogen-bond acceptors (Lipinski definition) is 6. The highest BCUT2D eigenvalue weighted by atomic mass is 32.2. The fourth-order valence-corrected chi connectivity index (χ4v) is 5.57. The number of carbonyl (C=O) groups is 2. The van der Waals surface area contributed by atoms with Crippen molar-refractivity contribution in [3.05, 3.63) is 90.3 Å². The second-order valence-electron chi connectivity index (χ2n) is 8.85. The van der Waals surface area contributed by atoms with Gasteiger partial charge in [0.15, 0.2) is 0 Å². The van der Waals surface area contributed by atoms with Crippen molar-refractivity contribution in [1.29, 1.82) is 0 Å². The number of aliphatic imine (C=N–C) groups is 1. The van der Waals surface area contributed by atoms with Gasteiger partial charge in [0.1, 0.15) is 10.6 Å². The summed E-state index contributed by atoms with van der Waals surface area (Å²) >= 11 is 0. The maximum absolute atomic E-state index is 13.2. The quantitative estimate of drug-likeness (QED) is 0.283. The predicted octanol–water partition coefficient (Wildman–Crippen LogP) is 3.87. The lowest BCUT2D eigenvalue weighted by atomic mass is 10.1. The third-order valence-corrected chi connectivity index (χ3v) is 7.69. The first-order valence-electron chi connectivity index (χ1n) is 12.1. The number of nitrogens with zero attached hydrogens (tertiary/aromatic N) is 4. The Morgan fingerprint density at radius 2 is 1.84 bits per heavy atom. The molecule has 38 heavy (non-hydrogen) atoms. The zero-order chi connectivity index (χ0) is 27.3. The van der Waals surface area contributed by atoms with Gasteiger partial charge < -0.3 is 9.80 Å². The first kappa shape index (κ1) is 26.7. The molecule has 0 aliphatic carbocycles. The van der Waals surface area contributed by atoms with Crippen LogP contribution in [0.1, 0.15) is 24.2 Å². The molecule has 2 amide bonds. The molecule has 0 saturated carbocycles. The average Bonchev–Trinajstić information content (AvgIpc) is 2.92. The number of hydrogen-bond donors (Lipinski definition) is 1. The normalized spacial score (nSPS) is 16.6. The van der Waals surface area contributed by atoms with Gasteiger partial charge in [-0.3, -0.25) is 24.3 Å². The van der Waals surface area contributed by atoms with Gasteiger partial charge in [-0.05, 0) is 63.0 Å². The molecule has 2 aromatic carbocycles. The predicted molar refractivity (Wildman–Crippen MR) is 149 cm³/mol. The van der Waals surface area contributed by atoms with E-state index >= 15 is 0 Å². The molecule has 1 aliphatic heterocycles. The van der Waals surface area contributed by atoms with Crippen molar-refractivity contribution in [2.24, 2.45) is 4.99 Å². The van der Waals surface area contributed by atoms with Gasteiger partial charge in [0.05, 0.1) is 5.52 Å². The summed E-state index contributed by atoms with van der Waals surface area (Å²) < 4.78 is 28.7. The molecule has 0 unspecified atom stereocenters. The van der Waals surface area contributed by atoms with Gasteiger partial charge in [-0.1, -0.05) is 30.4 Å². The summed E-state index contributed by atoms with van der Waals surface area (Å²) in [6.07, 6.45) is 6.70. The van der Waals surface area contributed by atoms with Crippen LogP contribution in [0.25, 0.3) is 10.9 Å². The second-order valence-corrected chi connectivity index (χ2v) is 10.5. The monoisotopic (exact) mass is 531 g/mol. The number of rotatable bonds is 7. The van der Waals surface area contributed by atoms with Crippen molar-refractivity contribution in [3.8, 4) is 0 Å². The zero-order valence-electron chi connectivity index (χ0n) is 21.2. The summed E-state index contributed by atoms with van der Waals surface area (Å²) in [5, 5.41) is 0.720. The molecule has 1 aromatic heterocycles. The third-order valence-electron chi connectivity index (χ3n) is 6.28. The van der Waals surface area contributed by atoms with Crippen LogP contribution >= 0.6 is 0 Å². The number of sulfonamides is 1. The van der Waals surface area contributed by atoms with Gasteiger partial charge >= 0.3 is 0 Å². The SMILES string of the molecule is C=N/C(=C\C=C/C)C(=O)N1CCN(C(=O)c2ccc(NS(=O)(=O)c3cccc4cccnc34)cc2)[C@H](C)C1. The molecule has 9 nitrogen and oxygen atoms in total. The molecule has 10 heteroatoms. The third kappa shape index (κ3) is 5.65. The fourth-order valence-electron chi connectivity index (χ4n) is 4.33. The smallest absolute Gasteiger partial charge is 0.272 e. The molecule has 1 fully saturated rings. The highest BCUT2D eigenvalue weighted by Crippen LogP contribution is 2.24. The molecule has 1 N–H and O–H groups in total. The van der Waals surface area contributed by atoms with Crippen molar-refractivity contribution in [1.82, 2.24) is 14.8 Å². The van der Waals surface area contributed by atoms with Crippen LogP contribution in [0.5, 0.6) is 0 Å². The summed E-state index contributed by atoms with van der Waals surface area (Å²) in [4.78, 5) is 37.5. The Labute approximate surface area is 222 Å². The Bertz CT molecular complexity index is 1530. The van der Waals surface area contributed by atoms with E-state index in [1.165, 1.54) is 6.07 Å². The summed E-state index contributed by atoms with van der Waals surface area (Å²) in [5.74, 6) is -0.418. The molecular formula is C28H29N5O4S. The van der Waals surface area contributed by atoms with Gasteiger partial charge in [-0.2, -0.15) is 0 Å². The second kappa shape index (κ2) is 11.4. The Morgan fingerprint density at radius 3 is 2.53 bits per heavy atom. The van der Waals surface area contributed by atoms with Crippen molar-refractivity contribution in [2.75, 3.05) is 24.4 Å². The summed E-state index contributed by atoms with van der Waals surface area (Å²) in [6, 6.07) is 14.6. The topological polar surface area (TPSA) is 112 Å². The van der Waals surface area contributed by atoms with E-state index in [-0.39, 0.29) is 28.4 Å². The number of carbonyl (C=O) groups excluding carboxylic acids is 2. The Balaban J connectivity index is 1.44. The lowest BCUT2D eigenvalue weighted by Crippen LogP contribution is -2.55.